The molecule has 7 heteroatoms. The van der Waals surface area contributed by atoms with Gasteiger partial charge in [0.15, 0.2) is 0 Å². The highest BCUT2D eigenvalue weighted by molar-refractivity contribution is 5.95. The number of likely N-dealkylation sites (tertiary alicyclic amines) is 1. The van der Waals surface area contributed by atoms with Crippen LogP contribution in [0.1, 0.15) is 38.5 Å². The molecule has 4 fully saturated rings. The average molecular weight is 413 g/mol. The molecule has 0 atom stereocenters. The molecule has 30 heavy (non-hydrogen) atoms. The molecule has 1 aromatic rings. The number of carbonyl (C=O) groups excluding carboxylic acids is 2. The summed E-state index contributed by atoms with van der Waals surface area (Å²) in [5.41, 5.74) is 0.937. The number of ether oxygens (including phenoxy) is 1. The lowest BCUT2D eigenvalue weighted by atomic mass is 9.91. The number of carbonyl (C=O) groups is 2. The van der Waals surface area contributed by atoms with E-state index in [0.29, 0.717) is 19.5 Å². The molecule has 4 aliphatic rings. The van der Waals surface area contributed by atoms with Crippen molar-refractivity contribution in [3.05, 3.63) is 24.3 Å². The van der Waals surface area contributed by atoms with Gasteiger partial charge in [-0.1, -0.05) is 6.42 Å². The second-order valence-corrected chi connectivity index (χ2v) is 9.03. The summed E-state index contributed by atoms with van der Waals surface area (Å²) in [6, 6.07) is 8.67. The predicted molar refractivity (Wildman–Crippen MR) is 115 cm³/mol. The molecule has 0 unspecified atom stereocenters. The van der Waals surface area contributed by atoms with Gasteiger partial charge in [0.05, 0.1) is 13.1 Å². The molecule has 3 aliphatic heterocycles. The van der Waals surface area contributed by atoms with Crippen LogP contribution >= 0.6 is 0 Å². The zero-order valence-electron chi connectivity index (χ0n) is 17.7. The minimum Gasteiger partial charge on any atom is -0.487 e. The molecule has 1 aromatic carbocycles. The molecule has 0 radical (unpaired) electrons. The summed E-state index contributed by atoms with van der Waals surface area (Å²) in [5.74, 6) is 0.995. The van der Waals surface area contributed by atoms with E-state index in [2.05, 4.69) is 4.90 Å². The van der Waals surface area contributed by atoms with Crippen molar-refractivity contribution in [3.8, 4) is 5.75 Å². The van der Waals surface area contributed by atoms with Crippen LogP contribution in [0.3, 0.4) is 0 Å². The van der Waals surface area contributed by atoms with Crippen molar-refractivity contribution in [1.29, 1.82) is 0 Å². The lowest BCUT2D eigenvalue weighted by Gasteiger charge is -2.41. The minimum atomic E-state index is 0.0478. The topological polar surface area (TPSA) is 56.3 Å². The molecule has 5 rings (SSSR count). The van der Waals surface area contributed by atoms with Crippen LogP contribution in [-0.2, 0) is 4.79 Å². The molecule has 0 bridgehead atoms. The molecular formula is C23H32N4O3. The molecule has 0 aromatic heterocycles. The van der Waals surface area contributed by atoms with Crippen LogP contribution in [0.25, 0.3) is 0 Å². The Morgan fingerprint density at radius 3 is 2.33 bits per heavy atom. The summed E-state index contributed by atoms with van der Waals surface area (Å²) in [7, 11) is 0. The fourth-order valence-corrected chi connectivity index (χ4v) is 4.93. The Kier molecular flexibility index (Phi) is 5.54. The zero-order valence-corrected chi connectivity index (χ0v) is 17.7. The quantitative estimate of drug-likeness (QED) is 0.763. The van der Waals surface area contributed by atoms with Crippen molar-refractivity contribution in [2.75, 3.05) is 50.7 Å². The molecule has 7 nitrogen and oxygen atoms in total. The number of nitrogens with zero attached hydrogens (tertiary/aromatic N) is 4. The number of anilines is 1. The Balaban J connectivity index is 1.08. The smallest absolute Gasteiger partial charge is 0.320 e. The Hall–Kier alpha value is -2.28. The molecule has 3 saturated heterocycles. The van der Waals surface area contributed by atoms with Crippen LogP contribution in [-0.4, -0.2) is 84.6 Å². The van der Waals surface area contributed by atoms with E-state index < -0.39 is 0 Å². The SMILES string of the molecule is O=C(N1CCCN(C2CCC2)CC1)N1CC(Oc2ccc(N3CCCC3=O)cc2)C1. The lowest BCUT2D eigenvalue weighted by molar-refractivity contribution is -0.117. The Labute approximate surface area is 178 Å². The summed E-state index contributed by atoms with van der Waals surface area (Å²) in [6.07, 6.45) is 6.70. The summed E-state index contributed by atoms with van der Waals surface area (Å²) < 4.78 is 6.03. The van der Waals surface area contributed by atoms with E-state index in [9.17, 15) is 9.59 Å². The van der Waals surface area contributed by atoms with Gasteiger partial charge in [0.1, 0.15) is 11.9 Å². The fraction of sp³-hybridized carbons (Fsp3) is 0.652. The predicted octanol–water partition coefficient (Wildman–Crippen LogP) is 2.56. The second kappa shape index (κ2) is 8.46. The average Bonchev–Trinajstić information content (AvgIpc) is 2.96. The van der Waals surface area contributed by atoms with Gasteiger partial charge in [-0.25, -0.2) is 4.79 Å². The number of urea groups is 1. The van der Waals surface area contributed by atoms with Gasteiger partial charge in [0, 0.05) is 50.9 Å². The van der Waals surface area contributed by atoms with Crippen LogP contribution < -0.4 is 9.64 Å². The molecule has 3 amide bonds. The van der Waals surface area contributed by atoms with Crippen molar-refractivity contribution in [1.82, 2.24) is 14.7 Å². The first-order valence-corrected chi connectivity index (χ1v) is 11.5. The monoisotopic (exact) mass is 412 g/mol. The Bertz CT molecular complexity index is 773. The Morgan fingerprint density at radius 1 is 0.867 bits per heavy atom. The van der Waals surface area contributed by atoms with Crippen molar-refractivity contribution < 1.29 is 14.3 Å². The maximum Gasteiger partial charge on any atom is 0.320 e. The van der Waals surface area contributed by atoms with Gasteiger partial charge in [-0.2, -0.15) is 0 Å². The maximum atomic E-state index is 12.9. The zero-order chi connectivity index (χ0) is 20.5. The molecule has 1 saturated carbocycles. The van der Waals surface area contributed by atoms with E-state index in [-0.39, 0.29) is 18.0 Å². The summed E-state index contributed by atoms with van der Waals surface area (Å²) >= 11 is 0. The molecule has 0 N–H and O–H groups in total. The lowest BCUT2D eigenvalue weighted by Crippen LogP contribution is -2.60. The molecule has 0 spiro atoms. The van der Waals surface area contributed by atoms with Crippen molar-refractivity contribution >= 4 is 17.6 Å². The molecule has 162 valence electrons. The first-order chi connectivity index (χ1) is 14.7. The molecule has 1 aliphatic carbocycles. The van der Waals surface area contributed by atoms with E-state index in [1.54, 1.807) is 0 Å². The second-order valence-electron chi connectivity index (χ2n) is 9.03. The number of amides is 3. The van der Waals surface area contributed by atoms with E-state index in [1.807, 2.05) is 39.0 Å². The summed E-state index contributed by atoms with van der Waals surface area (Å²) in [5, 5.41) is 0. The minimum absolute atomic E-state index is 0.0478. The highest BCUT2D eigenvalue weighted by Gasteiger charge is 2.36. The Morgan fingerprint density at radius 2 is 1.67 bits per heavy atom. The third-order valence-corrected chi connectivity index (χ3v) is 7.04. The van der Waals surface area contributed by atoms with Crippen LogP contribution in [0.5, 0.6) is 5.75 Å². The number of hydrogen-bond acceptors (Lipinski definition) is 4. The normalized spacial score (nSPS) is 23.9. The highest BCUT2D eigenvalue weighted by atomic mass is 16.5. The van der Waals surface area contributed by atoms with E-state index in [1.165, 1.54) is 19.3 Å². The van der Waals surface area contributed by atoms with Crippen molar-refractivity contribution in [3.63, 3.8) is 0 Å². The molecule has 3 heterocycles. The van der Waals surface area contributed by atoms with Gasteiger partial charge < -0.3 is 19.4 Å². The van der Waals surface area contributed by atoms with Crippen LogP contribution in [0.15, 0.2) is 24.3 Å². The van der Waals surface area contributed by atoms with E-state index in [4.69, 9.17) is 4.74 Å². The van der Waals surface area contributed by atoms with Crippen molar-refractivity contribution in [2.24, 2.45) is 0 Å². The van der Waals surface area contributed by atoms with Gasteiger partial charge in [-0.05, 0) is 49.9 Å². The van der Waals surface area contributed by atoms with Crippen LogP contribution in [0.4, 0.5) is 10.5 Å². The van der Waals surface area contributed by atoms with Gasteiger partial charge in [-0.15, -0.1) is 0 Å². The number of rotatable bonds is 4. The largest absolute Gasteiger partial charge is 0.487 e. The van der Waals surface area contributed by atoms with Gasteiger partial charge in [0.2, 0.25) is 5.91 Å². The van der Waals surface area contributed by atoms with E-state index >= 15 is 0 Å². The van der Waals surface area contributed by atoms with Crippen LogP contribution in [0, 0.1) is 0 Å². The standard InChI is InChI=1S/C23H32N4O3/c28-22-6-2-13-27(22)19-7-9-20(10-8-19)30-21-16-26(17-21)23(29)25-12-3-11-24(14-15-25)18-4-1-5-18/h7-10,18,21H,1-6,11-17H2. The fourth-order valence-electron chi connectivity index (χ4n) is 4.93. The third-order valence-electron chi connectivity index (χ3n) is 7.04. The first kappa shape index (κ1) is 19.7. The van der Waals surface area contributed by atoms with Gasteiger partial charge >= 0.3 is 6.03 Å². The molecular weight excluding hydrogens is 380 g/mol. The number of hydrogen-bond donors (Lipinski definition) is 0. The first-order valence-electron chi connectivity index (χ1n) is 11.5. The van der Waals surface area contributed by atoms with Crippen molar-refractivity contribution in [2.45, 2.75) is 50.7 Å². The highest BCUT2D eigenvalue weighted by Crippen LogP contribution is 2.27. The van der Waals surface area contributed by atoms with E-state index in [0.717, 1.165) is 63.0 Å². The maximum absolute atomic E-state index is 12.9. The van der Waals surface area contributed by atoms with Gasteiger partial charge in [0.25, 0.3) is 0 Å². The van der Waals surface area contributed by atoms with Gasteiger partial charge in [-0.3, -0.25) is 9.69 Å². The summed E-state index contributed by atoms with van der Waals surface area (Å²) in [6.45, 7) is 5.93. The summed E-state index contributed by atoms with van der Waals surface area (Å²) in [4.78, 5) is 33.1. The van der Waals surface area contributed by atoms with Crippen LogP contribution in [0.2, 0.25) is 0 Å². The third kappa shape index (κ3) is 4.00. The number of benzene rings is 1.